The Morgan fingerprint density at radius 2 is 1.81 bits per heavy atom. The van der Waals surface area contributed by atoms with Gasteiger partial charge in [-0.05, 0) is 65.7 Å². The van der Waals surface area contributed by atoms with E-state index in [1.165, 1.54) is 30.5 Å². The van der Waals surface area contributed by atoms with Crippen LogP contribution in [0.4, 0.5) is 11.8 Å². The van der Waals surface area contributed by atoms with Crippen LogP contribution in [-0.2, 0) is 17.6 Å². The first-order valence-corrected chi connectivity index (χ1v) is 13.7. The van der Waals surface area contributed by atoms with Crippen molar-refractivity contribution in [2.24, 2.45) is 0 Å². The molecule has 0 saturated carbocycles. The summed E-state index contributed by atoms with van der Waals surface area (Å²) in [4.78, 5) is 34.3. The topological polar surface area (TPSA) is 82.8 Å². The number of amides is 1. The Morgan fingerprint density at radius 3 is 2.56 bits per heavy atom. The number of aromatic nitrogens is 2. The standard InChI is InChI=1S/C27H40N8O/c1-31(2)22-19-34(20-22)27-29-24-9-4-3-8-23(24)26(30-27)33-16-17-35(21(18-33)11-12-28)25(36)10-7-15-32-13-5-6-14-32/h7,10,21-22H,3-6,8-9,11,13-20H2,1-2H3/b10-7+/t21-/m0/s1. The first-order valence-electron chi connectivity index (χ1n) is 13.7. The van der Waals surface area contributed by atoms with E-state index in [2.05, 4.69) is 39.8 Å². The van der Waals surface area contributed by atoms with Crippen LogP contribution in [0, 0.1) is 11.3 Å². The van der Waals surface area contributed by atoms with Crippen LogP contribution in [0.5, 0.6) is 0 Å². The summed E-state index contributed by atoms with van der Waals surface area (Å²) in [5, 5.41) is 9.55. The summed E-state index contributed by atoms with van der Waals surface area (Å²) in [6.45, 7) is 6.96. The van der Waals surface area contributed by atoms with E-state index in [0.29, 0.717) is 25.6 Å². The van der Waals surface area contributed by atoms with Crippen LogP contribution in [0.25, 0.3) is 0 Å². The summed E-state index contributed by atoms with van der Waals surface area (Å²) >= 11 is 0. The van der Waals surface area contributed by atoms with Crippen LogP contribution in [0.1, 0.15) is 43.4 Å². The minimum absolute atomic E-state index is 0.0230. The molecule has 0 aromatic carbocycles. The number of fused-ring (bicyclic) bond motifs is 1. The number of likely N-dealkylation sites (N-methyl/N-ethyl adjacent to an activating group) is 1. The van der Waals surface area contributed by atoms with Gasteiger partial charge in [0.1, 0.15) is 5.82 Å². The van der Waals surface area contributed by atoms with Crippen LogP contribution in [0.15, 0.2) is 12.2 Å². The lowest BCUT2D eigenvalue weighted by Crippen LogP contribution is -2.58. The Bertz CT molecular complexity index is 1010. The van der Waals surface area contributed by atoms with E-state index >= 15 is 0 Å². The Hall–Kier alpha value is -2.70. The maximum Gasteiger partial charge on any atom is 0.246 e. The normalized spacial score (nSPS) is 23.3. The molecular formula is C27H40N8O. The Kier molecular flexibility index (Phi) is 7.73. The number of hydrogen-bond acceptors (Lipinski definition) is 8. The number of rotatable bonds is 7. The van der Waals surface area contributed by atoms with Gasteiger partial charge in [-0.2, -0.15) is 10.2 Å². The lowest BCUT2D eigenvalue weighted by Gasteiger charge is -2.44. The fraction of sp³-hybridized carbons (Fsp3) is 0.704. The van der Waals surface area contributed by atoms with Crippen molar-refractivity contribution >= 4 is 17.7 Å². The molecule has 3 saturated heterocycles. The molecule has 0 N–H and O–H groups in total. The number of nitrogens with zero attached hydrogens (tertiary/aromatic N) is 8. The average Bonchev–Trinajstić information content (AvgIpc) is 3.36. The molecule has 1 aromatic heterocycles. The van der Waals surface area contributed by atoms with E-state index in [-0.39, 0.29) is 11.9 Å². The second kappa shape index (κ2) is 11.1. The molecule has 1 aromatic rings. The average molecular weight is 493 g/mol. The highest BCUT2D eigenvalue weighted by atomic mass is 16.2. The molecule has 194 valence electrons. The van der Waals surface area contributed by atoms with Gasteiger partial charge in [-0.1, -0.05) is 6.08 Å². The molecule has 0 radical (unpaired) electrons. The lowest BCUT2D eigenvalue weighted by molar-refractivity contribution is -0.128. The predicted octanol–water partition coefficient (Wildman–Crippen LogP) is 1.69. The molecule has 36 heavy (non-hydrogen) atoms. The van der Waals surface area contributed by atoms with Gasteiger partial charge in [-0.25, -0.2) is 4.98 Å². The van der Waals surface area contributed by atoms with Gasteiger partial charge in [0.15, 0.2) is 0 Å². The summed E-state index contributed by atoms with van der Waals surface area (Å²) in [5.74, 6) is 1.89. The number of piperazine rings is 1. The Labute approximate surface area is 215 Å². The Balaban J connectivity index is 1.31. The number of carbonyl (C=O) groups excluding carboxylic acids is 1. The van der Waals surface area contributed by atoms with Crippen LogP contribution in [0.3, 0.4) is 0 Å². The van der Waals surface area contributed by atoms with E-state index < -0.39 is 0 Å². The van der Waals surface area contributed by atoms with Crippen molar-refractivity contribution in [2.45, 2.75) is 57.0 Å². The molecule has 3 fully saturated rings. The number of hydrogen-bond donors (Lipinski definition) is 0. The van der Waals surface area contributed by atoms with Crippen LogP contribution in [-0.4, -0.2) is 109 Å². The highest BCUT2D eigenvalue weighted by Gasteiger charge is 2.35. The monoisotopic (exact) mass is 492 g/mol. The molecule has 9 heteroatoms. The fourth-order valence-electron chi connectivity index (χ4n) is 5.89. The maximum absolute atomic E-state index is 13.1. The number of aryl methyl sites for hydroxylation is 1. The zero-order chi connectivity index (χ0) is 25.1. The summed E-state index contributed by atoms with van der Waals surface area (Å²) in [7, 11) is 4.25. The van der Waals surface area contributed by atoms with Crippen molar-refractivity contribution < 1.29 is 4.79 Å². The molecule has 4 heterocycles. The molecule has 1 aliphatic carbocycles. The van der Waals surface area contributed by atoms with Crippen molar-refractivity contribution in [3.63, 3.8) is 0 Å². The van der Waals surface area contributed by atoms with E-state index in [1.54, 1.807) is 6.08 Å². The molecule has 5 rings (SSSR count). The number of likely N-dealkylation sites (tertiary alicyclic amines) is 1. The molecule has 0 unspecified atom stereocenters. The molecule has 9 nitrogen and oxygen atoms in total. The summed E-state index contributed by atoms with van der Waals surface area (Å²) < 4.78 is 0. The first kappa shape index (κ1) is 25.0. The summed E-state index contributed by atoms with van der Waals surface area (Å²) in [6.07, 6.45) is 10.9. The van der Waals surface area contributed by atoms with Gasteiger partial charge in [-0.15, -0.1) is 0 Å². The zero-order valence-corrected chi connectivity index (χ0v) is 21.9. The van der Waals surface area contributed by atoms with Gasteiger partial charge in [0, 0.05) is 56.9 Å². The SMILES string of the molecule is CN(C)C1CN(c2nc3c(c(N4CCN(C(=O)/C=C/CN5CCCC5)[C@@H](CC#N)C4)n2)CCCC3)C1. The second-order valence-corrected chi connectivity index (χ2v) is 10.9. The zero-order valence-electron chi connectivity index (χ0n) is 21.9. The molecule has 1 amide bonds. The van der Waals surface area contributed by atoms with Crippen molar-refractivity contribution in [3.05, 3.63) is 23.4 Å². The minimum atomic E-state index is -0.132. The quantitative estimate of drug-likeness (QED) is 0.532. The van der Waals surface area contributed by atoms with Crippen LogP contribution in [0.2, 0.25) is 0 Å². The molecule has 1 atom stereocenters. The molecule has 4 aliphatic rings. The highest BCUT2D eigenvalue weighted by molar-refractivity contribution is 5.88. The number of carbonyl (C=O) groups is 1. The van der Waals surface area contributed by atoms with Crippen LogP contribution >= 0.6 is 0 Å². The van der Waals surface area contributed by atoms with Gasteiger partial charge in [0.05, 0.1) is 24.2 Å². The third kappa shape index (κ3) is 5.35. The van der Waals surface area contributed by atoms with Crippen molar-refractivity contribution in [3.8, 4) is 6.07 Å². The van der Waals surface area contributed by atoms with E-state index in [1.807, 2.05) is 11.0 Å². The van der Waals surface area contributed by atoms with E-state index in [9.17, 15) is 10.1 Å². The molecular weight excluding hydrogens is 452 g/mol. The molecule has 3 aliphatic heterocycles. The molecule has 0 spiro atoms. The van der Waals surface area contributed by atoms with Gasteiger partial charge >= 0.3 is 0 Å². The third-order valence-electron chi connectivity index (χ3n) is 8.24. The van der Waals surface area contributed by atoms with Gasteiger partial charge in [0.25, 0.3) is 0 Å². The van der Waals surface area contributed by atoms with Gasteiger partial charge in [0.2, 0.25) is 11.9 Å². The van der Waals surface area contributed by atoms with E-state index in [4.69, 9.17) is 9.97 Å². The lowest BCUT2D eigenvalue weighted by atomic mass is 9.95. The largest absolute Gasteiger partial charge is 0.352 e. The van der Waals surface area contributed by atoms with E-state index in [0.717, 1.165) is 70.3 Å². The first-order chi connectivity index (χ1) is 17.5. The number of anilines is 2. The Morgan fingerprint density at radius 1 is 1.03 bits per heavy atom. The maximum atomic E-state index is 13.1. The predicted molar refractivity (Wildman–Crippen MR) is 141 cm³/mol. The number of nitriles is 1. The van der Waals surface area contributed by atoms with Gasteiger partial charge in [-0.3, -0.25) is 9.69 Å². The highest BCUT2D eigenvalue weighted by Crippen LogP contribution is 2.33. The minimum Gasteiger partial charge on any atom is -0.352 e. The van der Waals surface area contributed by atoms with Crippen molar-refractivity contribution in [2.75, 3.05) is 76.3 Å². The van der Waals surface area contributed by atoms with Crippen LogP contribution < -0.4 is 9.80 Å². The molecule has 0 bridgehead atoms. The summed E-state index contributed by atoms with van der Waals surface area (Å²) in [5.41, 5.74) is 2.46. The smallest absolute Gasteiger partial charge is 0.246 e. The fourth-order valence-corrected chi connectivity index (χ4v) is 5.89. The summed E-state index contributed by atoms with van der Waals surface area (Å²) in [6, 6.07) is 2.73. The third-order valence-corrected chi connectivity index (χ3v) is 8.24. The van der Waals surface area contributed by atoms with Crippen molar-refractivity contribution in [1.82, 2.24) is 24.7 Å². The van der Waals surface area contributed by atoms with Gasteiger partial charge < -0.3 is 19.6 Å². The van der Waals surface area contributed by atoms with Crippen molar-refractivity contribution in [1.29, 1.82) is 5.26 Å². The second-order valence-electron chi connectivity index (χ2n) is 10.9.